The normalized spacial score (nSPS) is 11.0. The van der Waals surface area contributed by atoms with E-state index >= 15 is 0 Å². The molecule has 6 nitrogen and oxygen atoms in total. The number of para-hydroxylation sites is 1. The number of nitrogens with zero attached hydrogens (tertiary/aromatic N) is 3. The van der Waals surface area contributed by atoms with Crippen LogP contribution in [0.5, 0.6) is 0 Å². The highest BCUT2D eigenvalue weighted by atomic mass is 15.1. The Bertz CT molecular complexity index is 996. The van der Waals surface area contributed by atoms with E-state index in [1.807, 2.05) is 53.2 Å². The molecule has 0 atom stereocenters. The van der Waals surface area contributed by atoms with E-state index in [1.54, 1.807) is 12.3 Å². The predicted molar refractivity (Wildman–Crippen MR) is 89.7 cm³/mol. The molecule has 0 spiro atoms. The average Bonchev–Trinajstić information content (AvgIpc) is 3.21. The lowest BCUT2D eigenvalue weighted by atomic mass is 10.2. The van der Waals surface area contributed by atoms with Gasteiger partial charge in [0, 0.05) is 23.6 Å². The maximum atomic E-state index is 7.53. The zero-order valence-electron chi connectivity index (χ0n) is 12.2. The maximum Gasteiger partial charge on any atom is 0.180 e. The number of fused-ring (bicyclic) bond motifs is 1. The lowest BCUT2D eigenvalue weighted by Gasteiger charge is -2.05. The number of hydrogen-bond donors (Lipinski definition) is 3. The van der Waals surface area contributed by atoms with E-state index in [-0.39, 0.29) is 5.84 Å². The number of nitrogens with one attached hydrogen (secondary N) is 2. The van der Waals surface area contributed by atoms with Gasteiger partial charge in [-0.05, 0) is 30.3 Å². The Labute approximate surface area is 132 Å². The van der Waals surface area contributed by atoms with Gasteiger partial charge in [-0.25, -0.2) is 9.97 Å². The minimum absolute atomic E-state index is 0.0360. The molecule has 112 valence electrons. The third-order valence-corrected chi connectivity index (χ3v) is 3.68. The number of benzene rings is 2. The van der Waals surface area contributed by atoms with Crippen LogP contribution in [0, 0.1) is 5.41 Å². The van der Waals surface area contributed by atoms with Crippen molar-refractivity contribution in [1.82, 2.24) is 19.5 Å². The number of amidine groups is 1. The van der Waals surface area contributed by atoms with E-state index in [0.29, 0.717) is 11.4 Å². The van der Waals surface area contributed by atoms with Crippen molar-refractivity contribution in [2.75, 3.05) is 0 Å². The molecule has 0 aliphatic carbocycles. The monoisotopic (exact) mass is 302 g/mol. The molecule has 4 rings (SSSR count). The Morgan fingerprint density at radius 1 is 1.13 bits per heavy atom. The van der Waals surface area contributed by atoms with Gasteiger partial charge in [0.25, 0.3) is 0 Å². The molecule has 4 N–H and O–H groups in total. The lowest BCUT2D eigenvalue weighted by molar-refractivity contribution is 1.04. The van der Waals surface area contributed by atoms with E-state index in [2.05, 4.69) is 15.0 Å². The number of imidazole rings is 2. The summed E-state index contributed by atoms with van der Waals surface area (Å²) >= 11 is 0. The van der Waals surface area contributed by atoms with Crippen molar-refractivity contribution in [3.8, 4) is 17.3 Å². The summed E-state index contributed by atoms with van der Waals surface area (Å²) in [4.78, 5) is 12.3. The topological polar surface area (TPSA) is 96.4 Å². The Balaban J connectivity index is 1.84. The van der Waals surface area contributed by atoms with Crippen LogP contribution in [0.3, 0.4) is 0 Å². The molecule has 6 heteroatoms. The zero-order valence-corrected chi connectivity index (χ0v) is 12.2. The molecule has 2 heterocycles. The summed E-state index contributed by atoms with van der Waals surface area (Å²) in [5.74, 6) is 1.44. The highest BCUT2D eigenvalue weighted by Crippen LogP contribution is 2.22. The molecule has 0 saturated carbocycles. The van der Waals surface area contributed by atoms with E-state index in [4.69, 9.17) is 11.1 Å². The molecule has 2 aromatic carbocycles. The second-order valence-electron chi connectivity index (χ2n) is 5.19. The van der Waals surface area contributed by atoms with Crippen molar-refractivity contribution < 1.29 is 0 Å². The molecule has 23 heavy (non-hydrogen) atoms. The van der Waals surface area contributed by atoms with Crippen LogP contribution in [0.2, 0.25) is 0 Å². The smallest absolute Gasteiger partial charge is 0.180 e. The van der Waals surface area contributed by atoms with Crippen molar-refractivity contribution in [1.29, 1.82) is 5.41 Å². The number of rotatable bonds is 3. The molecular formula is C17H14N6. The highest BCUT2D eigenvalue weighted by Gasteiger charge is 2.12. The number of H-pyrrole nitrogens is 1. The Morgan fingerprint density at radius 2 is 1.96 bits per heavy atom. The predicted octanol–water partition coefficient (Wildman–Crippen LogP) is 2.70. The van der Waals surface area contributed by atoms with Gasteiger partial charge >= 0.3 is 0 Å². The van der Waals surface area contributed by atoms with Crippen LogP contribution in [0.1, 0.15) is 5.56 Å². The third kappa shape index (κ3) is 2.26. The molecule has 0 saturated heterocycles. The standard InChI is InChI=1S/C17H14N6/c18-15(19)11-6-7-13-14(10-11)22-16(21-13)17-20-8-9-23(17)12-4-2-1-3-5-12/h1-10H,(H3,18,19)(H,21,22). The van der Waals surface area contributed by atoms with Crippen LogP contribution in [0.4, 0.5) is 0 Å². The fourth-order valence-corrected chi connectivity index (χ4v) is 2.56. The summed E-state index contributed by atoms with van der Waals surface area (Å²) in [6.45, 7) is 0. The average molecular weight is 302 g/mol. The van der Waals surface area contributed by atoms with Gasteiger partial charge in [-0.3, -0.25) is 9.98 Å². The van der Waals surface area contributed by atoms with Gasteiger partial charge in [0.15, 0.2) is 11.6 Å². The van der Waals surface area contributed by atoms with E-state index in [0.717, 1.165) is 22.5 Å². The zero-order chi connectivity index (χ0) is 15.8. The molecule has 2 aromatic heterocycles. The lowest BCUT2D eigenvalue weighted by Crippen LogP contribution is -2.10. The number of nitrogen functional groups attached to an aromatic ring is 1. The molecule has 0 fully saturated rings. The van der Waals surface area contributed by atoms with Crippen LogP contribution in [-0.4, -0.2) is 25.4 Å². The van der Waals surface area contributed by atoms with E-state index < -0.39 is 0 Å². The van der Waals surface area contributed by atoms with Crippen molar-refractivity contribution in [3.63, 3.8) is 0 Å². The summed E-state index contributed by atoms with van der Waals surface area (Å²) < 4.78 is 1.98. The van der Waals surface area contributed by atoms with Gasteiger partial charge in [-0.2, -0.15) is 0 Å². The van der Waals surface area contributed by atoms with Crippen LogP contribution < -0.4 is 5.73 Å². The van der Waals surface area contributed by atoms with Gasteiger partial charge in [-0.15, -0.1) is 0 Å². The van der Waals surface area contributed by atoms with Gasteiger partial charge in [0.2, 0.25) is 0 Å². The van der Waals surface area contributed by atoms with Crippen molar-refractivity contribution in [2.45, 2.75) is 0 Å². The maximum absolute atomic E-state index is 7.53. The Morgan fingerprint density at radius 3 is 2.74 bits per heavy atom. The highest BCUT2D eigenvalue weighted by molar-refractivity contribution is 5.98. The van der Waals surface area contributed by atoms with Gasteiger partial charge in [-0.1, -0.05) is 18.2 Å². The van der Waals surface area contributed by atoms with E-state index in [1.165, 1.54) is 0 Å². The Kier molecular flexibility index (Phi) is 2.94. The first-order chi connectivity index (χ1) is 11.2. The first kappa shape index (κ1) is 13.3. The second-order valence-corrected chi connectivity index (χ2v) is 5.19. The fourth-order valence-electron chi connectivity index (χ4n) is 2.56. The minimum Gasteiger partial charge on any atom is -0.384 e. The summed E-state index contributed by atoms with van der Waals surface area (Å²) in [7, 11) is 0. The second kappa shape index (κ2) is 5.10. The van der Waals surface area contributed by atoms with Crippen LogP contribution in [0.15, 0.2) is 60.9 Å². The third-order valence-electron chi connectivity index (χ3n) is 3.68. The Hall–Kier alpha value is -3.41. The number of nitrogens with two attached hydrogens (primary N) is 1. The molecule has 0 aliphatic heterocycles. The van der Waals surface area contributed by atoms with E-state index in [9.17, 15) is 0 Å². The van der Waals surface area contributed by atoms with Gasteiger partial charge in [0.1, 0.15) is 5.84 Å². The van der Waals surface area contributed by atoms with Crippen LogP contribution >= 0.6 is 0 Å². The first-order valence-electron chi connectivity index (χ1n) is 7.16. The summed E-state index contributed by atoms with van der Waals surface area (Å²) in [5, 5.41) is 7.53. The molecule has 0 bridgehead atoms. The van der Waals surface area contributed by atoms with Crippen LogP contribution in [0.25, 0.3) is 28.4 Å². The molecule has 0 amide bonds. The van der Waals surface area contributed by atoms with Crippen molar-refractivity contribution in [3.05, 3.63) is 66.5 Å². The molecular weight excluding hydrogens is 288 g/mol. The van der Waals surface area contributed by atoms with Crippen molar-refractivity contribution >= 4 is 16.9 Å². The summed E-state index contributed by atoms with van der Waals surface area (Å²) in [6.07, 6.45) is 3.65. The minimum atomic E-state index is 0.0360. The number of aromatic nitrogens is 4. The molecule has 0 aliphatic rings. The van der Waals surface area contributed by atoms with Gasteiger partial charge in [0.05, 0.1) is 11.0 Å². The quantitative estimate of drug-likeness (QED) is 0.401. The molecule has 0 unspecified atom stereocenters. The summed E-state index contributed by atoms with van der Waals surface area (Å²) in [5.41, 5.74) is 8.86. The number of hydrogen-bond acceptors (Lipinski definition) is 3. The van der Waals surface area contributed by atoms with Crippen molar-refractivity contribution in [2.24, 2.45) is 5.73 Å². The fraction of sp³-hybridized carbons (Fsp3) is 0. The number of aromatic amines is 1. The molecule has 0 radical (unpaired) electrons. The first-order valence-corrected chi connectivity index (χ1v) is 7.16. The van der Waals surface area contributed by atoms with Gasteiger partial charge < -0.3 is 10.7 Å². The summed E-state index contributed by atoms with van der Waals surface area (Å²) in [6, 6.07) is 15.4. The van der Waals surface area contributed by atoms with Crippen LogP contribution in [-0.2, 0) is 0 Å². The molecule has 4 aromatic rings. The largest absolute Gasteiger partial charge is 0.384 e. The SMILES string of the molecule is N=C(N)c1ccc2nc(-c3nccn3-c3ccccc3)[nH]c2c1.